The van der Waals surface area contributed by atoms with Gasteiger partial charge in [-0.3, -0.25) is 13.9 Å². The fourth-order valence-corrected chi connectivity index (χ4v) is 5.92. The predicted molar refractivity (Wildman–Crippen MR) is 156 cm³/mol. The number of sulfonamides is 1. The molecule has 3 aromatic carbocycles. The molecule has 0 aromatic heterocycles. The molecule has 208 valence electrons. The standard InChI is InChI=1S/C29H34BrN3O5S/c1-5-27(29(35)31-21(2)3)32(19-22-14-16-25(38-4)17-15-22)28(34)20-33(24-11-9-10-23(30)18-24)39(36,37)26-12-7-6-8-13-26/h6-18,21,27H,5,19-20H2,1-4H3,(H,31,35)/t27-/m0/s1. The minimum atomic E-state index is -4.11. The summed E-state index contributed by atoms with van der Waals surface area (Å²) in [5.41, 5.74) is 1.10. The Morgan fingerprint density at radius 2 is 1.64 bits per heavy atom. The van der Waals surface area contributed by atoms with Crippen LogP contribution in [0.4, 0.5) is 5.69 Å². The van der Waals surface area contributed by atoms with Crippen molar-refractivity contribution >= 4 is 43.5 Å². The van der Waals surface area contributed by atoms with Crippen LogP contribution >= 0.6 is 15.9 Å². The molecule has 1 atom stereocenters. The fourth-order valence-electron chi connectivity index (χ4n) is 4.11. The first-order valence-electron chi connectivity index (χ1n) is 12.6. The van der Waals surface area contributed by atoms with Crippen LogP contribution in [0.3, 0.4) is 0 Å². The summed E-state index contributed by atoms with van der Waals surface area (Å²) in [6, 6.07) is 21.0. The lowest BCUT2D eigenvalue weighted by atomic mass is 10.1. The van der Waals surface area contributed by atoms with Gasteiger partial charge in [0.15, 0.2) is 0 Å². The van der Waals surface area contributed by atoms with Crippen LogP contribution in [0.15, 0.2) is 88.2 Å². The van der Waals surface area contributed by atoms with Gasteiger partial charge in [0.25, 0.3) is 10.0 Å². The van der Waals surface area contributed by atoms with Crippen molar-refractivity contribution in [2.24, 2.45) is 0 Å². The average molecular weight is 617 g/mol. The van der Waals surface area contributed by atoms with Gasteiger partial charge in [0, 0.05) is 17.1 Å². The molecule has 0 aliphatic rings. The van der Waals surface area contributed by atoms with Gasteiger partial charge in [-0.15, -0.1) is 0 Å². The maximum Gasteiger partial charge on any atom is 0.264 e. The number of carbonyl (C=O) groups is 2. The second-order valence-corrected chi connectivity index (χ2v) is 12.0. The highest BCUT2D eigenvalue weighted by atomic mass is 79.9. The number of halogens is 1. The predicted octanol–water partition coefficient (Wildman–Crippen LogP) is 4.99. The molecule has 39 heavy (non-hydrogen) atoms. The second kappa shape index (κ2) is 13.6. The third kappa shape index (κ3) is 7.83. The van der Waals surface area contributed by atoms with E-state index in [0.717, 1.165) is 9.87 Å². The first-order chi connectivity index (χ1) is 18.6. The Kier molecular flexibility index (Phi) is 10.5. The average Bonchev–Trinajstić information content (AvgIpc) is 2.91. The van der Waals surface area contributed by atoms with Gasteiger partial charge in [0.2, 0.25) is 11.8 Å². The topological polar surface area (TPSA) is 96.0 Å². The van der Waals surface area contributed by atoms with Crippen LogP contribution in [-0.4, -0.2) is 50.9 Å². The van der Waals surface area contributed by atoms with Crippen LogP contribution in [-0.2, 0) is 26.2 Å². The number of carbonyl (C=O) groups excluding carboxylic acids is 2. The molecule has 0 fully saturated rings. The number of hydrogen-bond acceptors (Lipinski definition) is 5. The van der Waals surface area contributed by atoms with E-state index in [1.807, 2.05) is 32.9 Å². The van der Waals surface area contributed by atoms with E-state index in [-0.39, 0.29) is 23.4 Å². The molecular weight excluding hydrogens is 582 g/mol. The van der Waals surface area contributed by atoms with Crippen molar-refractivity contribution < 1.29 is 22.7 Å². The van der Waals surface area contributed by atoms with Crippen molar-refractivity contribution in [1.82, 2.24) is 10.2 Å². The van der Waals surface area contributed by atoms with Gasteiger partial charge in [0.05, 0.1) is 17.7 Å². The summed E-state index contributed by atoms with van der Waals surface area (Å²) >= 11 is 3.40. The number of nitrogens with zero attached hydrogens (tertiary/aromatic N) is 2. The summed E-state index contributed by atoms with van der Waals surface area (Å²) in [5, 5.41) is 2.89. The van der Waals surface area contributed by atoms with Crippen LogP contribution in [0.25, 0.3) is 0 Å². The number of anilines is 1. The van der Waals surface area contributed by atoms with Gasteiger partial charge >= 0.3 is 0 Å². The maximum atomic E-state index is 14.0. The highest BCUT2D eigenvalue weighted by Gasteiger charge is 2.33. The number of rotatable bonds is 12. The van der Waals surface area contributed by atoms with Gasteiger partial charge in [-0.25, -0.2) is 8.42 Å². The van der Waals surface area contributed by atoms with E-state index >= 15 is 0 Å². The van der Waals surface area contributed by atoms with E-state index < -0.39 is 28.5 Å². The molecule has 0 heterocycles. The molecule has 0 spiro atoms. The van der Waals surface area contributed by atoms with Crippen LogP contribution in [0.2, 0.25) is 0 Å². The van der Waals surface area contributed by atoms with Crippen molar-refractivity contribution in [1.29, 1.82) is 0 Å². The molecule has 0 unspecified atom stereocenters. The summed E-state index contributed by atoms with van der Waals surface area (Å²) in [6.45, 7) is 5.15. The summed E-state index contributed by atoms with van der Waals surface area (Å²) in [7, 11) is -2.54. The molecule has 3 aromatic rings. The summed E-state index contributed by atoms with van der Waals surface area (Å²) in [5.74, 6) is -0.138. The molecule has 0 saturated carbocycles. The molecule has 0 aliphatic carbocycles. The van der Waals surface area contributed by atoms with E-state index in [0.29, 0.717) is 22.3 Å². The van der Waals surface area contributed by atoms with E-state index in [1.165, 1.54) is 17.0 Å². The third-order valence-corrected chi connectivity index (χ3v) is 8.32. The zero-order valence-corrected chi connectivity index (χ0v) is 24.9. The molecule has 0 bridgehead atoms. The highest BCUT2D eigenvalue weighted by molar-refractivity contribution is 9.10. The number of methoxy groups -OCH3 is 1. The molecule has 1 N–H and O–H groups in total. The monoisotopic (exact) mass is 615 g/mol. The molecular formula is C29H34BrN3O5S. The maximum absolute atomic E-state index is 14.0. The normalized spacial score (nSPS) is 12.1. The lowest BCUT2D eigenvalue weighted by Gasteiger charge is -2.33. The summed E-state index contributed by atoms with van der Waals surface area (Å²) < 4.78 is 34.6. The Labute approximate surface area is 239 Å². The van der Waals surface area contributed by atoms with E-state index in [1.54, 1.807) is 61.7 Å². The molecule has 0 radical (unpaired) electrons. The lowest BCUT2D eigenvalue weighted by Crippen LogP contribution is -2.53. The molecule has 2 amide bonds. The van der Waals surface area contributed by atoms with Crippen LogP contribution in [0.1, 0.15) is 32.8 Å². The van der Waals surface area contributed by atoms with Crippen molar-refractivity contribution in [2.45, 2.75) is 50.7 Å². The molecule has 8 nitrogen and oxygen atoms in total. The van der Waals surface area contributed by atoms with Gasteiger partial charge < -0.3 is 15.0 Å². The summed E-state index contributed by atoms with van der Waals surface area (Å²) in [6.07, 6.45) is 0.350. The van der Waals surface area contributed by atoms with Crippen LogP contribution < -0.4 is 14.4 Å². The number of benzene rings is 3. The first kappa shape index (κ1) is 30.2. The molecule has 10 heteroatoms. The molecule has 3 rings (SSSR count). The van der Waals surface area contributed by atoms with Gasteiger partial charge in [-0.1, -0.05) is 59.3 Å². The molecule has 0 saturated heterocycles. The lowest BCUT2D eigenvalue weighted by molar-refractivity contribution is -0.140. The zero-order chi connectivity index (χ0) is 28.6. The summed E-state index contributed by atoms with van der Waals surface area (Å²) in [4.78, 5) is 28.7. The van der Waals surface area contributed by atoms with Crippen molar-refractivity contribution in [2.75, 3.05) is 18.0 Å². The Balaban J connectivity index is 2.04. The Morgan fingerprint density at radius 3 is 2.21 bits per heavy atom. The smallest absolute Gasteiger partial charge is 0.264 e. The number of hydrogen-bond donors (Lipinski definition) is 1. The fraction of sp³-hybridized carbons (Fsp3) is 0.310. The van der Waals surface area contributed by atoms with Gasteiger partial charge in [-0.05, 0) is 68.3 Å². The van der Waals surface area contributed by atoms with Crippen LogP contribution in [0, 0.1) is 0 Å². The Hall–Kier alpha value is -3.37. The van der Waals surface area contributed by atoms with Crippen LogP contribution in [0.5, 0.6) is 5.75 Å². The third-order valence-electron chi connectivity index (χ3n) is 6.04. The zero-order valence-electron chi connectivity index (χ0n) is 22.5. The van der Waals surface area contributed by atoms with Crippen molar-refractivity contribution in [3.05, 3.63) is 88.9 Å². The second-order valence-electron chi connectivity index (χ2n) is 9.26. The Bertz CT molecular complexity index is 1370. The van der Waals surface area contributed by atoms with E-state index in [9.17, 15) is 18.0 Å². The Morgan fingerprint density at radius 1 is 0.974 bits per heavy atom. The minimum absolute atomic E-state index is 0.0593. The molecule has 0 aliphatic heterocycles. The van der Waals surface area contributed by atoms with E-state index in [2.05, 4.69) is 21.2 Å². The minimum Gasteiger partial charge on any atom is -0.497 e. The quantitative estimate of drug-likeness (QED) is 0.310. The van der Waals surface area contributed by atoms with Crippen molar-refractivity contribution in [3.8, 4) is 5.75 Å². The van der Waals surface area contributed by atoms with E-state index in [4.69, 9.17) is 4.74 Å². The van der Waals surface area contributed by atoms with Crippen molar-refractivity contribution in [3.63, 3.8) is 0 Å². The number of nitrogens with one attached hydrogen (secondary N) is 1. The van der Waals surface area contributed by atoms with Gasteiger partial charge in [-0.2, -0.15) is 0 Å². The first-order valence-corrected chi connectivity index (χ1v) is 14.9. The van der Waals surface area contributed by atoms with Gasteiger partial charge in [0.1, 0.15) is 18.3 Å². The SMILES string of the molecule is CC[C@@H](C(=O)NC(C)C)N(Cc1ccc(OC)cc1)C(=O)CN(c1cccc(Br)c1)S(=O)(=O)c1ccccc1. The highest BCUT2D eigenvalue weighted by Crippen LogP contribution is 2.27. The largest absolute Gasteiger partial charge is 0.497 e. The number of amides is 2. The number of ether oxygens (including phenoxy) is 1.